The van der Waals surface area contributed by atoms with E-state index in [0.29, 0.717) is 0 Å². The maximum absolute atomic E-state index is 7.07. The molecule has 49 heavy (non-hydrogen) atoms. The number of hydrogen-bond acceptors (Lipinski definition) is 3. The molecule has 1 atom stereocenters. The molecule has 2 nitrogen and oxygen atoms in total. The SMILES string of the molecule is C=C(/C=C\C=C/C)c1cccc(-c2cc(-c3cccc4c3sc3ccccc34)cc3c2oc2ccc(C(C)(N)c4ccccc4)cc23)c1C. The number of nitrogens with two attached hydrogens (primary N) is 1. The van der Waals surface area contributed by atoms with Crippen molar-refractivity contribution >= 4 is 59.0 Å². The van der Waals surface area contributed by atoms with E-state index in [2.05, 4.69) is 130 Å². The van der Waals surface area contributed by atoms with Gasteiger partial charge in [0.2, 0.25) is 0 Å². The molecular formula is C46H37NOS. The van der Waals surface area contributed by atoms with Crippen molar-refractivity contribution in [2.75, 3.05) is 0 Å². The van der Waals surface area contributed by atoms with Gasteiger partial charge in [0.25, 0.3) is 0 Å². The van der Waals surface area contributed by atoms with Crippen LogP contribution >= 0.6 is 11.3 Å². The molecule has 2 aromatic heterocycles. The zero-order valence-electron chi connectivity index (χ0n) is 28.0. The molecule has 6 aromatic carbocycles. The highest BCUT2D eigenvalue weighted by atomic mass is 32.1. The Bertz CT molecular complexity index is 2610. The highest BCUT2D eigenvalue weighted by Crippen LogP contribution is 2.45. The molecule has 0 aliphatic heterocycles. The van der Waals surface area contributed by atoms with Gasteiger partial charge in [-0.05, 0) is 95.6 Å². The van der Waals surface area contributed by atoms with Crippen LogP contribution < -0.4 is 5.73 Å². The molecule has 2 heterocycles. The summed E-state index contributed by atoms with van der Waals surface area (Å²) in [6.07, 6.45) is 8.15. The standard InChI is InChI=1S/C46H37NOS/c1-5-6-8-15-29(2)34-19-13-20-35(30(34)3)40-26-31(36-21-14-22-38-37-18-11-12-23-43(37)49-45(36)38)27-41-39-28-33(24-25-42(39)48-44(40)41)46(4,47)32-16-9-7-10-17-32/h5-28H,2,47H2,1,3-4H3/b6-5-,15-8-. The topological polar surface area (TPSA) is 39.2 Å². The second kappa shape index (κ2) is 12.2. The van der Waals surface area contributed by atoms with Gasteiger partial charge in [0.05, 0.1) is 5.54 Å². The zero-order valence-corrected chi connectivity index (χ0v) is 28.8. The monoisotopic (exact) mass is 651 g/mol. The Balaban J connectivity index is 1.41. The molecule has 0 saturated carbocycles. The van der Waals surface area contributed by atoms with Crippen LogP contribution in [0.15, 0.2) is 157 Å². The predicted octanol–water partition coefficient (Wildman–Crippen LogP) is 13.0. The number of benzene rings is 6. The fourth-order valence-electron chi connectivity index (χ4n) is 7.13. The van der Waals surface area contributed by atoms with E-state index >= 15 is 0 Å². The number of thiophene rings is 1. The summed E-state index contributed by atoms with van der Waals surface area (Å²) in [5.41, 5.74) is 18.0. The van der Waals surface area contributed by atoms with Crippen LogP contribution in [0.5, 0.6) is 0 Å². The highest BCUT2D eigenvalue weighted by Gasteiger charge is 2.26. The van der Waals surface area contributed by atoms with E-state index < -0.39 is 5.54 Å². The third kappa shape index (κ3) is 5.23. The van der Waals surface area contributed by atoms with Crippen LogP contribution in [0.3, 0.4) is 0 Å². The fraction of sp³-hybridized carbons (Fsp3) is 0.0870. The lowest BCUT2D eigenvalue weighted by Gasteiger charge is -2.26. The molecule has 0 bridgehead atoms. The molecule has 8 aromatic rings. The Morgan fingerprint density at radius 3 is 2.31 bits per heavy atom. The molecule has 0 fully saturated rings. The largest absolute Gasteiger partial charge is 0.455 e. The number of hydrogen-bond donors (Lipinski definition) is 1. The Morgan fingerprint density at radius 1 is 0.714 bits per heavy atom. The molecule has 238 valence electrons. The average molecular weight is 652 g/mol. The van der Waals surface area contributed by atoms with Gasteiger partial charge < -0.3 is 10.2 Å². The fourth-order valence-corrected chi connectivity index (χ4v) is 8.37. The van der Waals surface area contributed by atoms with Gasteiger partial charge in [-0.15, -0.1) is 11.3 Å². The lowest BCUT2D eigenvalue weighted by molar-refractivity contribution is 0.603. The molecule has 2 N–H and O–H groups in total. The first kappa shape index (κ1) is 30.8. The van der Waals surface area contributed by atoms with Gasteiger partial charge in [-0.25, -0.2) is 0 Å². The number of allylic oxidation sites excluding steroid dienone is 5. The van der Waals surface area contributed by atoms with Crippen LogP contribution in [-0.4, -0.2) is 0 Å². The van der Waals surface area contributed by atoms with E-state index in [1.54, 1.807) is 0 Å². The van der Waals surface area contributed by atoms with Crippen molar-refractivity contribution < 1.29 is 4.42 Å². The van der Waals surface area contributed by atoms with Gasteiger partial charge in [-0.2, -0.15) is 0 Å². The van der Waals surface area contributed by atoms with Crippen LogP contribution in [0.1, 0.15) is 36.1 Å². The molecule has 0 saturated heterocycles. The molecular weight excluding hydrogens is 615 g/mol. The van der Waals surface area contributed by atoms with Crippen molar-refractivity contribution in [1.29, 1.82) is 0 Å². The summed E-state index contributed by atoms with van der Waals surface area (Å²) in [6, 6.07) is 43.1. The normalized spacial score (nSPS) is 13.4. The van der Waals surface area contributed by atoms with E-state index in [0.717, 1.165) is 66.5 Å². The summed E-state index contributed by atoms with van der Waals surface area (Å²) >= 11 is 1.85. The molecule has 0 aliphatic carbocycles. The molecule has 8 rings (SSSR count). The summed E-state index contributed by atoms with van der Waals surface area (Å²) in [7, 11) is 0. The van der Waals surface area contributed by atoms with Gasteiger partial charge >= 0.3 is 0 Å². The number of fused-ring (bicyclic) bond motifs is 6. The van der Waals surface area contributed by atoms with Gasteiger partial charge in [0.15, 0.2) is 0 Å². The van der Waals surface area contributed by atoms with Crippen molar-refractivity contribution in [3.05, 3.63) is 174 Å². The molecule has 0 aliphatic rings. The van der Waals surface area contributed by atoms with Crippen LogP contribution in [0.4, 0.5) is 0 Å². The molecule has 0 amide bonds. The number of furan rings is 1. The second-order valence-corrected chi connectivity index (χ2v) is 14.0. The minimum atomic E-state index is -0.673. The van der Waals surface area contributed by atoms with Gasteiger partial charge in [-0.1, -0.05) is 122 Å². The third-order valence-corrected chi connectivity index (χ3v) is 11.0. The van der Waals surface area contributed by atoms with Crippen molar-refractivity contribution in [3.8, 4) is 22.3 Å². The third-order valence-electron chi connectivity index (χ3n) is 9.83. The van der Waals surface area contributed by atoms with E-state index in [-0.39, 0.29) is 0 Å². The minimum Gasteiger partial charge on any atom is -0.455 e. The van der Waals surface area contributed by atoms with Crippen molar-refractivity contribution in [2.24, 2.45) is 5.73 Å². The Morgan fingerprint density at radius 2 is 1.47 bits per heavy atom. The van der Waals surface area contributed by atoms with Crippen molar-refractivity contribution in [3.63, 3.8) is 0 Å². The van der Waals surface area contributed by atoms with E-state index in [1.807, 2.05) is 54.7 Å². The smallest absolute Gasteiger partial charge is 0.143 e. The lowest BCUT2D eigenvalue weighted by Crippen LogP contribution is -2.34. The Kier molecular flexibility index (Phi) is 7.67. The predicted molar refractivity (Wildman–Crippen MR) is 212 cm³/mol. The van der Waals surface area contributed by atoms with Crippen LogP contribution in [0.25, 0.3) is 69.9 Å². The van der Waals surface area contributed by atoms with Crippen LogP contribution in [0, 0.1) is 6.92 Å². The summed E-state index contributed by atoms with van der Waals surface area (Å²) in [5, 5.41) is 4.70. The van der Waals surface area contributed by atoms with Crippen molar-refractivity contribution in [2.45, 2.75) is 26.3 Å². The maximum atomic E-state index is 7.07. The van der Waals surface area contributed by atoms with E-state index in [1.165, 1.54) is 25.7 Å². The summed E-state index contributed by atoms with van der Waals surface area (Å²) in [5.74, 6) is 0. The quantitative estimate of drug-likeness (QED) is 0.174. The zero-order chi connectivity index (χ0) is 33.7. The van der Waals surface area contributed by atoms with Gasteiger partial charge in [0, 0.05) is 36.5 Å². The molecule has 0 radical (unpaired) electrons. The van der Waals surface area contributed by atoms with Gasteiger partial charge in [-0.3, -0.25) is 0 Å². The lowest BCUT2D eigenvalue weighted by atomic mass is 9.85. The highest BCUT2D eigenvalue weighted by molar-refractivity contribution is 7.26. The summed E-state index contributed by atoms with van der Waals surface area (Å²) in [4.78, 5) is 0. The maximum Gasteiger partial charge on any atom is 0.143 e. The minimum absolute atomic E-state index is 0.673. The first-order valence-electron chi connectivity index (χ1n) is 16.7. The van der Waals surface area contributed by atoms with Gasteiger partial charge in [0.1, 0.15) is 11.2 Å². The second-order valence-electron chi connectivity index (χ2n) is 13.0. The molecule has 3 heteroatoms. The summed E-state index contributed by atoms with van der Waals surface area (Å²) in [6.45, 7) is 10.7. The first-order valence-corrected chi connectivity index (χ1v) is 17.5. The Hall–Kier alpha value is -5.48. The number of rotatable bonds is 7. The average Bonchev–Trinajstić information content (AvgIpc) is 3.70. The molecule has 0 spiro atoms. The van der Waals surface area contributed by atoms with Crippen molar-refractivity contribution in [1.82, 2.24) is 0 Å². The van der Waals surface area contributed by atoms with E-state index in [9.17, 15) is 0 Å². The molecule has 1 unspecified atom stereocenters. The summed E-state index contributed by atoms with van der Waals surface area (Å²) < 4.78 is 9.37. The van der Waals surface area contributed by atoms with Crippen LogP contribution in [-0.2, 0) is 5.54 Å². The van der Waals surface area contributed by atoms with Crippen LogP contribution in [0.2, 0.25) is 0 Å². The van der Waals surface area contributed by atoms with E-state index in [4.69, 9.17) is 10.2 Å². The first-order chi connectivity index (χ1) is 23.8. The Labute approximate surface area is 291 Å².